The van der Waals surface area contributed by atoms with E-state index in [-0.39, 0.29) is 17.7 Å². The van der Waals surface area contributed by atoms with Gasteiger partial charge in [0.15, 0.2) is 16.8 Å². The molecule has 27 heavy (non-hydrogen) atoms. The number of amides is 1. The van der Waals surface area contributed by atoms with Gasteiger partial charge >= 0.3 is 0 Å². The molecule has 0 aliphatic heterocycles. The molecule has 1 amide bonds. The number of carbonyl (C=O) groups is 1. The van der Waals surface area contributed by atoms with Gasteiger partial charge in [0, 0.05) is 23.7 Å². The molecule has 1 atom stereocenters. The Kier molecular flexibility index (Phi) is 5.91. The van der Waals surface area contributed by atoms with Crippen molar-refractivity contribution in [2.75, 3.05) is 5.32 Å². The number of rotatable bonds is 6. The number of pyridine rings is 1. The highest BCUT2D eigenvalue weighted by Gasteiger charge is 2.26. The molecular weight excluding hydrogens is 368 g/mol. The van der Waals surface area contributed by atoms with E-state index in [4.69, 9.17) is 0 Å². The van der Waals surface area contributed by atoms with Gasteiger partial charge < -0.3 is 5.32 Å². The highest BCUT2D eigenvalue weighted by Crippen LogP contribution is 2.27. The topological polar surface area (TPSA) is 54.9 Å². The Morgan fingerprint density at radius 3 is 2.63 bits per heavy atom. The molecule has 7 heteroatoms. The molecule has 0 aliphatic rings. The van der Waals surface area contributed by atoms with Gasteiger partial charge in [-0.2, -0.15) is 0 Å². The zero-order valence-electron chi connectivity index (χ0n) is 14.9. The summed E-state index contributed by atoms with van der Waals surface area (Å²) in [6.07, 6.45) is 3.71. The lowest BCUT2D eigenvalue weighted by Crippen LogP contribution is -2.25. The molecule has 1 aromatic carbocycles. The third kappa shape index (κ3) is 4.74. The van der Waals surface area contributed by atoms with Crippen molar-refractivity contribution in [3.05, 3.63) is 76.6 Å². The first-order valence-corrected chi connectivity index (χ1v) is 9.36. The summed E-state index contributed by atoms with van der Waals surface area (Å²) in [5.74, 6) is -2.23. The van der Waals surface area contributed by atoms with Crippen molar-refractivity contribution in [3.63, 3.8) is 0 Å². The second kappa shape index (κ2) is 8.35. The first-order valence-electron chi connectivity index (χ1n) is 8.54. The average molecular weight is 387 g/mol. The average Bonchev–Trinajstić information content (AvgIpc) is 3.05. The van der Waals surface area contributed by atoms with Gasteiger partial charge in [-0.1, -0.05) is 26.0 Å². The summed E-state index contributed by atoms with van der Waals surface area (Å²) in [5, 5.41) is 3.31. The van der Waals surface area contributed by atoms with E-state index in [0.29, 0.717) is 22.8 Å². The number of aromatic nitrogens is 2. The van der Waals surface area contributed by atoms with Crippen molar-refractivity contribution in [2.24, 2.45) is 5.92 Å². The summed E-state index contributed by atoms with van der Waals surface area (Å²) in [7, 11) is 0. The number of nitrogens with zero attached hydrogens (tertiary/aromatic N) is 2. The minimum atomic E-state index is -0.874. The fourth-order valence-corrected chi connectivity index (χ4v) is 3.67. The largest absolute Gasteiger partial charge is 0.301 e. The first kappa shape index (κ1) is 19.1. The predicted molar refractivity (Wildman–Crippen MR) is 102 cm³/mol. The predicted octanol–water partition coefficient (Wildman–Crippen LogP) is 4.79. The van der Waals surface area contributed by atoms with Crippen molar-refractivity contribution in [1.29, 1.82) is 0 Å². The van der Waals surface area contributed by atoms with E-state index < -0.39 is 11.6 Å². The minimum Gasteiger partial charge on any atom is -0.301 e. The monoisotopic (exact) mass is 387 g/mol. The maximum absolute atomic E-state index is 13.3. The summed E-state index contributed by atoms with van der Waals surface area (Å²) in [6.45, 7) is 3.94. The molecule has 0 spiro atoms. The smallest absolute Gasteiger partial charge is 0.235 e. The number of carbonyl (C=O) groups excluding carboxylic acids is 1. The van der Waals surface area contributed by atoms with Crippen LogP contribution in [0, 0.1) is 17.6 Å². The van der Waals surface area contributed by atoms with Crippen LogP contribution in [0.25, 0.3) is 0 Å². The zero-order chi connectivity index (χ0) is 19.4. The van der Waals surface area contributed by atoms with E-state index >= 15 is 0 Å². The third-order valence-corrected chi connectivity index (χ3v) is 5.01. The second-order valence-corrected chi connectivity index (χ2v) is 7.64. The highest BCUT2D eigenvalue weighted by atomic mass is 32.1. The van der Waals surface area contributed by atoms with Gasteiger partial charge in [0.1, 0.15) is 0 Å². The summed E-state index contributed by atoms with van der Waals surface area (Å²) in [5.41, 5.74) is 1.35. The Bertz CT molecular complexity index is 928. The molecule has 0 saturated carbocycles. The van der Waals surface area contributed by atoms with Crippen LogP contribution in [-0.4, -0.2) is 15.9 Å². The lowest BCUT2D eigenvalue weighted by molar-refractivity contribution is -0.118. The minimum absolute atomic E-state index is 0.0709. The summed E-state index contributed by atoms with van der Waals surface area (Å²) >= 11 is 1.31. The molecular formula is C20H19F2N3OS. The number of benzene rings is 1. The van der Waals surface area contributed by atoms with Crippen molar-refractivity contribution in [2.45, 2.75) is 26.2 Å². The van der Waals surface area contributed by atoms with Crippen molar-refractivity contribution >= 4 is 22.4 Å². The van der Waals surface area contributed by atoms with Gasteiger partial charge in [0.2, 0.25) is 5.91 Å². The molecule has 3 aromatic rings. The lowest BCUT2D eigenvalue weighted by atomic mass is 9.91. The molecule has 0 radical (unpaired) electrons. The standard InChI is InChI=1S/C20H19F2N3OS/c1-12(2)18(17-5-3-4-8-23-17)19(26)25-20-24-11-14(27-20)9-13-6-7-15(21)16(22)10-13/h3-8,10-12,18H,9H2,1-2H3,(H,24,25,26). The summed E-state index contributed by atoms with van der Waals surface area (Å²) in [6, 6.07) is 9.31. The van der Waals surface area contributed by atoms with E-state index in [1.165, 1.54) is 23.5 Å². The number of nitrogens with one attached hydrogen (secondary N) is 1. The van der Waals surface area contributed by atoms with Crippen LogP contribution in [-0.2, 0) is 11.2 Å². The Morgan fingerprint density at radius 2 is 1.96 bits per heavy atom. The van der Waals surface area contributed by atoms with Crippen LogP contribution in [0.4, 0.5) is 13.9 Å². The van der Waals surface area contributed by atoms with Gasteiger partial charge in [-0.15, -0.1) is 11.3 Å². The molecule has 2 heterocycles. The zero-order valence-corrected chi connectivity index (χ0v) is 15.8. The number of hydrogen-bond acceptors (Lipinski definition) is 4. The van der Waals surface area contributed by atoms with Gasteiger partial charge in [-0.3, -0.25) is 9.78 Å². The van der Waals surface area contributed by atoms with Gasteiger partial charge in [-0.25, -0.2) is 13.8 Å². The first-order chi connectivity index (χ1) is 12.9. The molecule has 2 aromatic heterocycles. The van der Waals surface area contributed by atoms with E-state index in [9.17, 15) is 13.6 Å². The van der Waals surface area contributed by atoms with Crippen LogP contribution in [0.5, 0.6) is 0 Å². The van der Waals surface area contributed by atoms with Gasteiger partial charge in [0.05, 0.1) is 11.6 Å². The van der Waals surface area contributed by atoms with Crippen LogP contribution < -0.4 is 5.32 Å². The molecule has 0 fully saturated rings. The van der Waals surface area contributed by atoms with Crippen LogP contribution in [0.15, 0.2) is 48.8 Å². The Hall–Kier alpha value is -2.67. The van der Waals surface area contributed by atoms with Crippen LogP contribution in [0.2, 0.25) is 0 Å². The fourth-order valence-electron chi connectivity index (χ4n) is 2.82. The van der Waals surface area contributed by atoms with E-state index in [0.717, 1.165) is 10.9 Å². The molecule has 0 bridgehead atoms. The van der Waals surface area contributed by atoms with Crippen molar-refractivity contribution < 1.29 is 13.6 Å². The van der Waals surface area contributed by atoms with Crippen molar-refractivity contribution in [3.8, 4) is 0 Å². The Morgan fingerprint density at radius 1 is 1.15 bits per heavy atom. The molecule has 3 rings (SSSR count). The van der Waals surface area contributed by atoms with E-state index in [1.54, 1.807) is 12.4 Å². The number of hydrogen-bond donors (Lipinski definition) is 1. The van der Waals surface area contributed by atoms with Crippen molar-refractivity contribution in [1.82, 2.24) is 9.97 Å². The lowest BCUT2D eigenvalue weighted by Gasteiger charge is -2.18. The molecule has 140 valence electrons. The number of halogens is 2. The van der Waals surface area contributed by atoms with E-state index in [1.807, 2.05) is 32.0 Å². The summed E-state index contributed by atoms with van der Waals surface area (Å²) < 4.78 is 26.4. The van der Waals surface area contributed by atoms with E-state index in [2.05, 4.69) is 15.3 Å². The molecule has 4 nitrogen and oxygen atoms in total. The van der Waals surface area contributed by atoms with Crippen LogP contribution in [0.1, 0.15) is 35.9 Å². The highest BCUT2D eigenvalue weighted by molar-refractivity contribution is 7.15. The van der Waals surface area contributed by atoms with Gasteiger partial charge in [-0.05, 0) is 35.7 Å². The van der Waals surface area contributed by atoms with Crippen LogP contribution in [0.3, 0.4) is 0 Å². The molecule has 0 saturated heterocycles. The van der Waals surface area contributed by atoms with Crippen LogP contribution >= 0.6 is 11.3 Å². The number of thiazole rings is 1. The Balaban J connectivity index is 1.70. The summed E-state index contributed by atoms with van der Waals surface area (Å²) in [4.78, 5) is 22.1. The van der Waals surface area contributed by atoms with Gasteiger partial charge in [0.25, 0.3) is 0 Å². The fraction of sp³-hybridized carbons (Fsp3) is 0.250. The normalized spacial score (nSPS) is 12.2. The SMILES string of the molecule is CC(C)C(C(=O)Nc1ncc(Cc2ccc(F)c(F)c2)s1)c1ccccn1. The third-order valence-electron chi connectivity index (χ3n) is 4.10. The molecule has 1 N–H and O–H groups in total. The molecule has 0 aliphatic carbocycles. The number of anilines is 1. The second-order valence-electron chi connectivity index (χ2n) is 6.52. The maximum Gasteiger partial charge on any atom is 0.235 e. The quantitative estimate of drug-likeness (QED) is 0.662. The molecule has 1 unspecified atom stereocenters. The Labute approximate surface area is 160 Å². The maximum atomic E-state index is 13.3.